The summed E-state index contributed by atoms with van der Waals surface area (Å²) in [5.41, 5.74) is 1.37. The molecule has 1 unspecified atom stereocenters. The number of aliphatic hydroxyl groups is 1. The summed E-state index contributed by atoms with van der Waals surface area (Å²) in [7, 11) is -1.42. The number of benzene rings is 1. The molecular formula is C14H22N2O4S. The van der Waals surface area contributed by atoms with Crippen LogP contribution in [-0.2, 0) is 27.1 Å². The lowest BCUT2D eigenvalue weighted by Crippen LogP contribution is -2.46. The van der Waals surface area contributed by atoms with Gasteiger partial charge in [-0.15, -0.1) is 0 Å². The molecule has 1 aromatic rings. The van der Waals surface area contributed by atoms with Crippen LogP contribution in [0.15, 0.2) is 24.3 Å². The van der Waals surface area contributed by atoms with E-state index in [4.69, 9.17) is 9.84 Å². The summed E-state index contributed by atoms with van der Waals surface area (Å²) in [5.74, 6) is -0.0938. The van der Waals surface area contributed by atoms with Crippen LogP contribution in [-0.4, -0.2) is 57.8 Å². The van der Waals surface area contributed by atoms with Crippen LogP contribution in [0, 0.1) is 0 Å². The first-order valence-electron chi connectivity index (χ1n) is 6.94. The van der Waals surface area contributed by atoms with Gasteiger partial charge in [-0.3, -0.25) is 0 Å². The molecule has 0 saturated carbocycles. The molecule has 1 saturated heterocycles. The van der Waals surface area contributed by atoms with E-state index in [0.717, 1.165) is 13.1 Å². The summed E-state index contributed by atoms with van der Waals surface area (Å²) in [4.78, 5) is 2.12. The molecule has 2 N–H and O–H groups in total. The van der Waals surface area contributed by atoms with Gasteiger partial charge in [0.25, 0.3) is 0 Å². The second-order valence-corrected chi connectivity index (χ2v) is 7.15. The Balaban J connectivity index is 1.89. The standard InChI is InChI=1S/C14H22N2O4S/c1-16-5-6-20-14(9-16)8-15-21(18,19)11-13-4-2-3-12(7-13)10-17/h2-4,7,14-15,17H,5-6,8-11H2,1H3. The van der Waals surface area contributed by atoms with Crippen LogP contribution in [0.25, 0.3) is 0 Å². The summed E-state index contributed by atoms with van der Waals surface area (Å²) in [6.07, 6.45) is -0.109. The van der Waals surface area contributed by atoms with Gasteiger partial charge in [-0.2, -0.15) is 0 Å². The Labute approximate surface area is 125 Å². The molecule has 0 aromatic heterocycles. The molecule has 0 radical (unpaired) electrons. The number of rotatable bonds is 6. The smallest absolute Gasteiger partial charge is 0.215 e. The summed E-state index contributed by atoms with van der Waals surface area (Å²) in [5, 5.41) is 9.07. The minimum atomic E-state index is -3.41. The van der Waals surface area contributed by atoms with Gasteiger partial charge >= 0.3 is 0 Å². The molecule has 0 bridgehead atoms. The Morgan fingerprint density at radius 2 is 2.19 bits per heavy atom. The summed E-state index contributed by atoms with van der Waals surface area (Å²) in [6, 6.07) is 6.94. The fraction of sp³-hybridized carbons (Fsp3) is 0.571. The van der Waals surface area contributed by atoms with Crippen molar-refractivity contribution in [3.05, 3.63) is 35.4 Å². The van der Waals surface area contributed by atoms with Gasteiger partial charge in [0.2, 0.25) is 10.0 Å². The maximum atomic E-state index is 12.1. The van der Waals surface area contributed by atoms with Crippen LogP contribution in [0.5, 0.6) is 0 Å². The Bertz CT molecular complexity index is 562. The van der Waals surface area contributed by atoms with Gasteiger partial charge in [0.1, 0.15) is 0 Å². The molecule has 0 aliphatic carbocycles. The van der Waals surface area contributed by atoms with Crippen LogP contribution in [0.1, 0.15) is 11.1 Å². The van der Waals surface area contributed by atoms with E-state index in [0.29, 0.717) is 17.7 Å². The lowest BCUT2D eigenvalue weighted by molar-refractivity contribution is -0.0156. The Kier molecular flexibility index (Phi) is 5.72. The van der Waals surface area contributed by atoms with Crippen molar-refractivity contribution in [1.29, 1.82) is 0 Å². The molecule has 1 atom stereocenters. The second-order valence-electron chi connectivity index (χ2n) is 5.34. The fourth-order valence-electron chi connectivity index (χ4n) is 2.30. The number of hydrogen-bond acceptors (Lipinski definition) is 5. The van der Waals surface area contributed by atoms with Crippen molar-refractivity contribution in [2.45, 2.75) is 18.5 Å². The van der Waals surface area contributed by atoms with E-state index < -0.39 is 10.0 Å². The maximum absolute atomic E-state index is 12.1. The van der Waals surface area contributed by atoms with E-state index in [-0.39, 0.29) is 25.0 Å². The highest BCUT2D eigenvalue weighted by Gasteiger charge is 2.20. The zero-order valence-corrected chi connectivity index (χ0v) is 13.0. The number of nitrogens with one attached hydrogen (secondary N) is 1. The number of sulfonamides is 1. The molecule has 1 aliphatic rings. The predicted molar refractivity (Wildman–Crippen MR) is 80.2 cm³/mol. The van der Waals surface area contributed by atoms with Gasteiger partial charge < -0.3 is 14.7 Å². The van der Waals surface area contributed by atoms with Crippen LogP contribution >= 0.6 is 0 Å². The molecule has 6 nitrogen and oxygen atoms in total. The van der Waals surface area contributed by atoms with Crippen molar-refractivity contribution >= 4 is 10.0 Å². The van der Waals surface area contributed by atoms with Crippen LogP contribution in [0.2, 0.25) is 0 Å². The number of aliphatic hydroxyl groups excluding tert-OH is 1. The molecule has 1 fully saturated rings. The average molecular weight is 314 g/mol. The SMILES string of the molecule is CN1CCOC(CNS(=O)(=O)Cc2cccc(CO)c2)C1. The topological polar surface area (TPSA) is 78.9 Å². The number of ether oxygens (including phenoxy) is 1. The quantitative estimate of drug-likeness (QED) is 0.768. The number of likely N-dealkylation sites (N-methyl/N-ethyl adjacent to an activating group) is 1. The fourth-order valence-corrected chi connectivity index (χ4v) is 3.46. The lowest BCUT2D eigenvalue weighted by atomic mass is 10.1. The Hall–Kier alpha value is -0.990. The molecule has 1 aromatic carbocycles. The largest absolute Gasteiger partial charge is 0.392 e. The lowest BCUT2D eigenvalue weighted by Gasteiger charge is -2.30. The molecule has 118 valence electrons. The molecule has 7 heteroatoms. The summed E-state index contributed by atoms with van der Waals surface area (Å²) >= 11 is 0. The first kappa shape index (κ1) is 16.4. The van der Waals surface area contributed by atoms with Gasteiger partial charge in [0.05, 0.1) is 25.1 Å². The molecule has 2 rings (SSSR count). The first-order valence-corrected chi connectivity index (χ1v) is 8.60. The number of hydrogen-bond donors (Lipinski definition) is 2. The van der Waals surface area contributed by atoms with Crippen molar-refractivity contribution in [2.75, 3.05) is 33.3 Å². The summed E-state index contributed by atoms with van der Waals surface area (Å²) < 4.78 is 32.3. The second kappa shape index (κ2) is 7.33. The molecule has 21 heavy (non-hydrogen) atoms. The normalized spacial score (nSPS) is 20.6. The minimum Gasteiger partial charge on any atom is -0.392 e. The Morgan fingerprint density at radius 3 is 2.90 bits per heavy atom. The maximum Gasteiger partial charge on any atom is 0.215 e. The van der Waals surface area contributed by atoms with Crippen LogP contribution < -0.4 is 4.72 Å². The molecule has 0 amide bonds. The zero-order valence-electron chi connectivity index (χ0n) is 12.2. The molecular weight excluding hydrogens is 292 g/mol. The van der Waals surface area contributed by atoms with Gasteiger partial charge in [-0.25, -0.2) is 13.1 Å². The van der Waals surface area contributed by atoms with E-state index in [1.54, 1.807) is 24.3 Å². The van der Waals surface area contributed by atoms with Crippen molar-refractivity contribution < 1.29 is 18.3 Å². The monoisotopic (exact) mass is 314 g/mol. The van der Waals surface area contributed by atoms with Crippen LogP contribution in [0.3, 0.4) is 0 Å². The van der Waals surface area contributed by atoms with Gasteiger partial charge in [-0.05, 0) is 18.2 Å². The third-order valence-electron chi connectivity index (χ3n) is 3.40. The zero-order chi connectivity index (χ0) is 15.3. The third-order valence-corrected chi connectivity index (χ3v) is 4.72. The number of nitrogens with zero attached hydrogens (tertiary/aromatic N) is 1. The average Bonchev–Trinajstić information content (AvgIpc) is 2.45. The van der Waals surface area contributed by atoms with Gasteiger partial charge in [0, 0.05) is 19.6 Å². The highest BCUT2D eigenvalue weighted by molar-refractivity contribution is 7.88. The van der Waals surface area contributed by atoms with E-state index in [1.165, 1.54) is 0 Å². The van der Waals surface area contributed by atoms with E-state index >= 15 is 0 Å². The molecule has 1 heterocycles. The van der Waals surface area contributed by atoms with Crippen molar-refractivity contribution in [3.8, 4) is 0 Å². The third kappa shape index (κ3) is 5.37. The van der Waals surface area contributed by atoms with Gasteiger partial charge in [0.15, 0.2) is 0 Å². The highest BCUT2D eigenvalue weighted by Crippen LogP contribution is 2.09. The number of morpholine rings is 1. The minimum absolute atomic E-state index is 0.0937. The van der Waals surface area contributed by atoms with Gasteiger partial charge in [-0.1, -0.05) is 24.3 Å². The predicted octanol–water partition coefficient (Wildman–Crippen LogP) is -0.0711. The van der Waals surface area contributed by atoms with E-state index in [9.17, 15) is 8.42 Å². The molecule has 0 spiro atoms. The van der Waals surface area contributed by atoms with Crippen molar-refractivity contribution in [2.24, 2.45) is 0 Å². The van der Waals surface area contributed by atoms with E-state index in [2.05, 4.69) is 9.62 Å². The Morgan fingerprint density at radius 1 is 1.43 bits per heavy atom. The van der Waals surface area contributed by atoms with Crippen LogP contribution in [0.4, 0.5) is 0 Å². The van der Waals surface area contributed by atoms with Crippen molar-refractivity contribution in [1.82, 2.24) is 9.62 Å². The van der Waals surface area contributed by atoms with E-state index in [1.807, 2.05) is 7.05 Å². The first-order chi connectivity index (χ1) is 9.98. The highest BCUT2D eigenvalue weighted by atomic mass is 32.2. The van der Waals surface area contributed by atoms with Crippen molar-refractivity contribution in [3.63, 3.8) is 0 Å². The molecule has 1 aliphatic heterocycles. The summed E-state index contributed by atoms with van der Waals surface area (Å²) in [6.45, 7) is 2.41.